The Morgan fingerprint density at radius 2 is 0.696 bits per heavy atom. The molecule has 135 heavy (non-hydrogen) atoms. The standard InChI is InChI=1S/C35H23N3.C30H21N4.C28H18N4.C28H18N2S/c1-2-9-27(10-3-1)38-34-13-7-6-12-29(34)30-18-19-33-31(35(30)38)20-21-37(33)26-16-14-24(15-17-26)32-23-36-22-25-8-4-5-11-28(25)32;1-3-9-21(10-4-1)27-19-33(20-31-32-27)28-18-17-26-24(28)15-16-25-23-13-7-8-14-29(23)34(30(25)26)22-11-5-2-6-12-22;1-2-9-20(10-3-1)32-26-13-7-6-12-22(26)23-14-15-25-24(27(23)32)16-17-31(25)28-21-11-5-4-8-19(21)18-29-30-28;1-2-9-20(10-3-1)30-25-12-6-5-11-21(25)22-14-15-24-23(28(22)30)16-17-29(24)27-18-19-8-4-7-13-26(19)31-27/h1-23H;1-20,28H;1-18H;1-18H/q;+1;;. The van der Waals surface area contributed by atoms with Crippen LogP contribution in [0.5, 0.6) is 0 Å². The van der Waals surface area contributed by atoms with Crippen molar-refractivity contribution in [2.75, 3.05) is 0 Å². The molecule has 0 saturated heterocycles. The first-order chi connectivity index (χ1) is 67.0. The third-order valence-corrected chi connectivity index (χ3v) is 27.9. The number of hydrogen-bond donors (Lipinski definition) is 0. The lowest BCUT2D eigenvalue weighted by atomic mass is 10.0. The Labute approximate surface area is 778 Å². The van der Waals surface area contributed by atoms with Crippen molar-refractivity contribution in [1.29, 1.82) is 0 Å². The van der Waals surface area contributed by atoms with Gasteiger partial charge in [0.1, 0.15) is 17.2 Å². The average molecular weight is 1750 g/mol. The Morgan fingerprint density at radius 1 is 0.274 bits per heavy atom. The molecule has 1 unspecified atom stereocenters. The summed E-state index contributed by atoms with van der Waals surface area (Å²) in [6.45, 7) is 0. The summed E-state index contributed by atoms with van der Waals surface area (Å²) in [6, 6.07) is 149. The number of nitrogens with zero attached hydrogens (tertiary/aromatic N) is 13. The Balaban J connectivity index is 0.0000000939. The van der Waals surface area contributed by atoms with Gasteiger partial charge in [0.25, 0.3) is 0 Å². The first kappa shape index (κ1) is 78.1. The number of rotatable bonds is 10. The number of allylic oxidation sites excluding steroid dienone is 1. The summed E-state index contributed by atoms with van der Waals surface area (Å²) in [6.07, 6.45) is 20.6. The molecule has 1 aliphatic rings. The monoisotopic (exact) mass is 1750 g/mol. The normalized spacial score (nSPS) is 12.5. The number of benzene rings is 17. The van der Waals surface area contributed by atoms with E-state index < -0.39 is 0 Å². The second-order valence-corrected chi connectivity index (χ2v) is 35.3. The van der Waals surface area contributed by atoms with Crippen LogP contribution >= 0.6 is 11.3 Å². The van der Waals surface area contributed by atoms with E-state index in [0.29, 0.717) is 0 Å². The van der Waals surface area contributed by atoms with Crippen LogP contribution in [0.3, 0.4) is 0 Å². The van der Waals surface area contributed by atoms with Gasteiger partial charge in [-0.05, 0) is 161 Å². The molecule has 0 aliphatic heterocycles. The van der Waals surface area contributed by atoms with Crippen molar-refractivity contribution in [2.45, 2.75) is 6.04 Å². The van der Waals surface area contributed by atoms with Gasteiger partial charge in [0.15, 0.2) is 11.5 Å². The van der Waals surface area contributed by atoms with Gasteiger partial charge in [-0.1, -0.05) is 291 Å². The summed E-state index contributed by atoms with van der Waals surface area (Å²) in [5, 5.41) is 38.4. The van der Waals surface area contributed by atoms with Crippen molar-refractivity contribution in [3.8, 4) is 61.6 Å². The van der Waals surface area contributed by atoms with Gasteiger partial charge in [-0.3, -0.25) is 9.55 Å². The van der Waals surface area contributed by atoms with Crippen LogP contribution in [-0.2, 0) is 0 Å². The zero-order valence-corrected chi connectivity index (χ0v) is 73.7. The number of thiophene rings is 1. The van der Waals surface area contributed by atoms with Gasteiger partial charge in [-0.2, -0.15) is 5.10 Å². The van der Waals surface area contributed by atoms with E-state index in [-0.39, 0.29) is 6.04 Å². The number of pyridine rings is 1. The van der Waals surface area contributed by atoms with E-state index >= 15 is 0 Å². The molecule has 28 aromatic rings. The van der Waals surface area contributed by atoms with Gasteiger partial charge in [0.05, 0.1) is 72.0 Å². The van der Waals surface area contributed by atoms with Crippen LogP contribution in [0.1, 0.15) is 17.2 Å². The molecule has 17 aromatic carbocycles. The number of para-hydroxylation sites is 8. The van der Waals surface area contributed by atoms with E-state index in [1.165, 1.54) is 169 Å². The third kappa shape index (κ3) is 13.1. The number of hydrogen-bond acceptors (Lipinski definition) is 6. The first-order valence-corrected chi connectivity index (χ1v) is 46.3. The molecule has 13 nitrogen and oxygen atoms in total. The zero-order chi connectivity index (χ0) is 89.0. The minimum absolute atomic E-state index is 0.0691. The van der Waals surface area contributed by atoms with Gasteiger partial charge in [0.2, 0.25) is 0 Å². The van der Waals surface area contributed by atoms with Crippen LogP contribution in [-0.4, -0.2) is 57.3 Å². The summed E-state index contributed by atoms with van der Waals surface area (Å²) in [7, 11) is 0. The molecule has 14 heteroatoms. The van der Waals surface area contributed by atoms with Gasteiger partial charge < -0.3 is 27.4 Å². The molecule has 0 bridgehead atoms. The molecule has 0 saturated carbocycles. The van der Waals surface area contributed by atoms with E-state index in [1.54, 1.807) is 0 Å². The van der Waals surface area contributed by atoms with Crippen molar-refractivity contribution >= 4 is 169 Å². The molecule has 11 aromatic heterocycles. The van der Waals surface area contributed by atoms with Gasteiger partial charge >= 0.3 is 6.33 Å². The lowest BCUT2D eigenvalue weighted by Crippen LogP contribution is -2.39. The van der Waals surface area contributed by atoms with Crippen LogP contribution in [0.4, 0.5) is 0 Å². The quantitative estimate of drug-likeness (QED) is 0.127. The van der Waals surface area contributed by atoms with E-state index in [1.807, 2.05) is 66.6 Å². The molecule has 0 radical (unpaired) electrons. The second kappa shape index (κ2) is 32.6. The molecule has 0 amide bonds. The highest BCUT2D eigenvalue weighted by atomic mass is 32.1. The topological polar surface area (TPSA) is 103 Å². The number of aromatic nitrogens is 13. The fraction of sp³-hybridized carbons (Fsp3) is 0.00826. The lowest BCUT2D eigenvalue weighted by molar-refractivity contribution is -0.705. The van der Waals surface area contributed by atoms with Crippen molar-refractivity contribution in [3.63, 3.8) is 0 Å². The molecule has 1 aliphatic carbocycles. The van der Waals surface area contributed by atoms with Gasteiger partial charge in [-0.15, -0.1) is 16.4 Å². The Hall–Kier alpha value is -18.0. The van der Waals surface area contributed by atoms with Crippen LogP contribution in [0.25, 0.3) is 219 Å². The largest absolute Gasteiger partial charge is 0.316 e. The van der Waals surface area contributed by atoms with Crippen LogP contribution < -0.4 is 4.57 Å². The molecule has 0 spiro atoms. The third-order valence-electron chi connectivity index (χ3n) is 26.8. The van der Waals surface area contributed by atoms with Crippen molar-refractivity contribution in [2.24, 2.45) is 0 Å². The summed E-state index contributed by atoms with van der Waals surface area (Å²) in [5.41, 5.74) is 26.0. The molecule has 11 heterocycles. The first-order valence-electron chi connectivity index (χ1n) is 45.5. The van der Waals surface area contributed by atoms with E-state index in [9.17, 15) is 0 Å². The fourth-order valence-electron chi connectivity index (χ4n) is 20.8. The summed E-state index contributed by atoms with van der Waals surface area (Å²) >= 11 is 1.84. The Morgan fingerprint density at radius 3 is 1.23 bits per heavy atom. The Bertz CT molecular complexity index is 9470. The minimum Gasteiger partial charge on any atom is -0.316 e. The van der Waals surface area contributed by atoms with Gasteiger partial charge in [0, 0.05) is 162 Å². The average Bonchev–Trinajstić information content (AvgIpc) is 1.59. The Kier molecular flexibility index (Phi) is 18.9. The van der Waals surface area contributed by atoms with E-state index in [4.69, 9.17) is 0 Å². The van der Waals surface area contributed by atoms with Crippen molar-refractivity contribution < 1.29 is 4.57 Å². The highest BCUT2D eigenvalue weighted by Gasteiger charge is 2.29. The van der Waals surface area contributed by atoms with E-state index in [0.717, 1.165) is 55.7 Å². The maximum atomic E-state index is 4.51. The SMILES string of the molecule is C1=CC([n+]2cnnc(-c3ccccc3)c2)c2ccc3c4ccccc4n(-c4ccccc4)c3c21.c1ccc(-n2c3ccccc3c3ccc4c(ccn4-c4cc5ccccc5s4)c32)cc1.c1ccc(-n2c3ccccc3c3ccc4c(ccn4-c4ccc(-c5cncc6ccccc56)cc4)c32)cc1.c1ccc(-n2c3ccccc3c3ccc4c(ccn4-c4nncc5ccccc45)c32)cc1. The summed E-state index contributed by atoms with van der Waals surface area (Å²) in [4.78, 5) is 4.48. The molecule has 0 N–H and O–H groups in total. The molecule has 1 atom stereocenters. The minimum atomic E-state index is 0.0691. The summed E-state index contributed by atoms with van der Waals surface area (Å²) < 4.78 is 19.8. The molecule has 0 fully saturated rings. The molecule has 634 valence electrons. The predicted molar refractivity (Wildman–Crippen MR) is 558 cm³/mol. The van der Waals surface area contributed by atoms with Gasteiger partial charge in [-0.25, -0.2) is 4.57 Å². The van der Waals surface area contributed by atoms with Crippen LogP contribution in [0.2, 0.25) is 0 Å². The number of fused-ring (bicyclic) bond motifs is 23. The predicted octanol–water partition coefficient (Wildman–Crippen LogP) is 29.7. The maximum Gasteiger partial charge on any atom is 0.315 e. The van der Waals surface area contributed by atoms with Crippen LogP contribution in [0.15, 0.2) is 474 Å². The lowest BCUT2D eigenvalue weighted by Gasteiger charge is -2.13. The fourth-order valence-corrected chi connectivity index (χ4v) is 21.8. The van der Waals surface area contributed by atoms with Crippen LogP contribution in [0, 0.1) is 0 Å². The highest BCUT2D eigenvalue weighted by Crippen LogP contribution is 2.46. The smallest absolute Gasteiger partial charge is 0.315 e. The van der Waals surface area contributed by atoms with Crippen molar-refractivity contribution in [1.82, 2.24) is 57.3 Å². The second-order valence-electron chi connectivity index (χ2n) is 34.3. The molecular weight excluding hydrogens is 1670 g/mol. The highest BCUT2D eigenvalue weighted by molar-refractivity contribution is 7.21. The molecule has 29 rings (SSSR count). The zero-order valence-electron chi connectivity index (χ0n) is 72.9. The summed E-state index contributed by atoms with van der Waals surface area (Å²) in [5.74, 6) is 0.847. The van der Waals surface area contributed by atoms with E-state index in [2.05, 4.69) is 487 Å². The molecular formula is C121H80N13S+. The van der Waals surface area contributed by atoms with Crippen molar-refractivity contribution in [3.05, 3.63) is 485 Å². The maximum absolute atomic E-state index is 4.51.